The fourth-order valence-electron chi connectivity index (χ4n) is 4.66. The van der Waals surface area contributed by atoms with Crippen LogP contribution in [0.3, 0.4) is 0 Å². The molecule has 32 heavy (non-hydrogen) atoms. The van der Waals surface area contributed by atoms with Gasteiger partial charge in [-0.05, 0) is 30.9 Å². The van der Waals surface area contributed by atoms with Crippen LogP contribution in [0.4, 0.5) is 4.79 Å². The van der Waals surface area contributed by atoms with Gasteiger partial charge in [0, 0.05) is 32.0 Å². The average molecular weight is 430 g/mol. The molecule has 0 radical (unpaired) electrons. The first-order chi connectivity index (χ1) is 15.5. The van der Waals surface area contributed by atoms with Crippen LogP contribution in [-0.2, 0) is 17.6 Å². The van der Waals surface area contributed by atoms with Gasteiger partial charge in [-0.1, -0.05) is 60.7 Å². The molecule has 2 unspecified atom stereocenters. The Kier molecular flexibility index (Phi) is 5.17. The summed E-state index contributed by atoms with van der Waals surface area (Å²) in [6, 6.07) is 19.5. The highest BCUT2D eigenvalue weighted by molar-refractivity contribution is 6.04. The maximum Gasteiger partial charge on any atom is 0.328 e. The lowest BCUT2D eigenvalue weighted by Crippen LogP contribution is -2.64. The van der Waals surface area contributed by atoms with Gasteiger partial charge in [-0.3, -0.25) is 9.69 Å². The number of hydrogen-bond acceptors (Lipinski definition) is 5. The molecule has 2 aromatic carbocycles. The maximum absolute atomic E-state index is 13.4. The van der Waals surface area contributed by atoms with Crippen molar-refractivity contribution in [2.45, 2.75) is 32.0 Å². The highest BCUT2D eigenvalue weighted by Crippen LogP contribution is 2.34. The molecule has 2 atom stereocenters. The summed E-state index contributed by atoms with van der Waals surface area (Å²) < 4.78 is 0. The monoisotopic (exact) mass is 429 g/mol. The SMILES string of the molecule is CC1=CN2C(=NC3C2C(=O)N(CCc2ccccc2)C(=O)N3C)N1CCc1ccccc1. The minimum Gasteiger partial charge on any atom is -0.314 e. The second kappa shape index (κ2) is 8.15. The van der Waals surface area contributed by atoms with Crippen molar-refractivity contribution in [3.63, 3.8) is 0 Å². The first-order valence-corrected chi connectivity index (χ1v) is 11.0. The number of hydrogen-bond donors (Lipinski definition) is 0. The molecule has 3 aliphatic rings. The van der Waals surface area contributed by atoms with Crippen molar-refractivity contribution in [3.8, 4) is 0 Å². The van der Waals surface area contributed by atoms with Gasteiger partial charge >= 0.3 is 6.03 Å². The Morgan fingerprint density at radius 1 is 0.844 bits per heavy atom. The van der Waals surface area contributed by atoms with Crippen molar-refractivity contribution in [2.75, 3.05) is 20.1 Å². The number of nitrogens with zero attached hydrogens (tertiary/aromatic N) is 5. The predicted molar refractivity (Wildman–Crippen MR) is 122 cm³/mol. The molecule has 3 aliphatic heterocycles. The van der Waals surface area contributed by atoms with Crippen LogP contribution in [0.25, 0.3) is 0 Å². The van der Waals surface area contributed by atoms with E-state index < -0.39 is 12.2 Å². The van der Waals surface area contributed by atoms with Gasteiger partial charge < -0.3 is 14.7 Å². The Morgan fingerprint density at radius 2 is 1.41 bits per heavy atom. The Labute approximate surface area is 188 Å². The van der Waals surface area contributed by atoms with Crippen molar-refractivity contribution >= 4 is 17.9 Å². The molecule has 0 spiro atoms. The van der Waals surface area contributed by atoms with Crippen molar-refractivity contribution in [1.82, 2.24) is 19.6 Å². The number of allylic oxidation sites excluding steroid dienone is 1. The fraction of sp³-hybridized carbons (Fsp3) is 0.320. The summed E-state index contributed by atoms with van der Waals surface area (Å²) in [5, 5.41) is 0. The summed E-state index contributed by atoms with van der Waals surface area (Å²) in [5.41, 5.74) is 3.41. The number of likely N-dealkylation sites (N-methyl/N-ethyl adjacent to an activating group) is 1. The smallest absolute Gasteiger partial charge is 0.314 e. The van der Waals surface area contributed by atoms with Crippen LogP contribution in [-0.4, -0.2) is 69.8 Å². The Hall–Kier alpha value is -3.61. The summed E-state index contributed by atoms with van der Waals surface area (Å²) in [5.74, 6) is 0.577. The number of benzene rings is 2. The van der Waals surface area contributed by atoms with Gasteiger partial charge in [-0.25, -0.2) is 9.79 Å². The van der Waals surface area contributed by atoms with E-state index in [1.165, 1.54) is 10.5 Å². The van der Waals surface area contributed by atoms with Gasteiger partial charge in [-0.2, -0.15) is 0 Å². The minimum absolute atomic E-state index is 0.179. The second-order valence-corrected chi connectivity index (χ2v) is 8.47. The lowest BCUT2D eigenvalue weighted by molar-refractivity contribution is -0.136. The quantitative estimate of drug-likeness (QED) is 0.709. The van der Waals surface area contributed by atoms with Crippen LogP contribution >= 0.6 is 0 Å². The third-order valence-electron chi connectivity index (χ3n) is 6.44. The van der Waals surface area contributed by atoms with Gasteiger partial charge in [0.1, 0.15) is 0 Å². The highest BCUT2D eigenvalue weighted by atomic mass is 16.2. The number of imide groups is 1. The summed E-state index contributed by atoms with van der Waals surface area (Å²) in [6.45, 7) is 3.17. The molecule has 3 amide bonds. The zero-order valence-corrected chi connectivity index (χ0v) is 18.4. The molecule has 1 fully saturated rings. The van der Waals surface area contributed by atoms with E-state index in [9.17, 15) is 9.59 Å². The summed E-state index contributed by atoms with van der Waals surface area (Å²) in [4.78, 5) is 38.3. The second-order valence-electron chi connectivity index (χ2n) is 8.47. The van der Waals surface area contributed by atoms with Crippen LogP contribution in [0.5, 0.6) is 0 Å². The maximum atomic E-state index is 13.4. The normalized spacial score (nSPS) is 22.2. The number of urea groups is 1. The lowest BCUT2D eigenvalue weighted by atomic mass is 10.1. The molecular weight excluding hydrogens is 402 g/mol. The highest BCUT2D eigenvalue weighted by Gasteiger charge is 2.54. The van der Waals surface area contributed by atoms with Gasteiger partial charge in [0.15, 0.2) is 12.2 Å². The number of guanidine groups is 1. The van der Waals surface area contributed by atoms with Crippen molar-refractivity contribution in [1.29, 1.82) is 0 Å². The van der Waals surface area contributed by atoms with E-state index in [4.69, 9.17) is 4.99 Å². The number of amides is 3. The largest absolute Gasteiger partial charge is 0.328 e. The van der Waals surface area contributed by atoms with Gasteiger partial charge in [0.25, 0.3) is 5.91 Å². The molecule has 5 rings (SSSR count). The van der Waals surface area contributed by atoms with Crippen molar-refractivity contribution < 1.29 is 9.59 Å². The number of carbonyl (C=O) groups is 2. The number of aliphatic imine (C=N–C) groups is 1. The first-order valence-electron chi connectivity index (χ1n) is 11.0. The number of carbonyl (C=O) groups excluding carboxylic acids is 2. The van der Waals surface area contributed by atoms with E-state index in [0.29, 0.717) is 13.0 Å². The summed E-state index contributed by atoms with van der Waals surface area (Å²) in [6.07, 6.45) is 3.00. The number of rotatable bonds is 6. The Morgan fingerprint density at radius 3 is 2.00 bits per heavy atom. The van der Waals surface area contributed by atoms with E-state index in [1.807, 2.05) is 66.6 Å². The summed E-state index contributed by atoms with van der Waals surface area (Å²) >= 11 is 0. The third kappa shape index (κ3) is 3.43. The standard InChI is InChI=1S/C25H27N5O2/c1-18-17-30-21-22(26-24(30)28(18)15-13-19-9-5-3-6-10-19)27(2)25(32)29(23(21)31)16-14-20-11-7-4-8-12-20/h3-12,17,21-22H,13-16H2,1-2H3. The molecule has 0 N–H and O–H groups in total. The van der Waals surface area contributed by atoms with Gasteiger partial charge in [0.05, 0.1) is 0 Å². The third-order valence-corrected chi connectivity index (χ3v) is 6.44. The van der Waals surface area contributed by atoms with E-state index in [1.54, 1.807) is 11.9 Å². The molecule has 0 aliphatic carbocycles. The molecule has 1 saturated heterocycles. The Bertz CT molecular complexity index is 1080. The molecule has 7 nitrogen and oxygen atoms in total. The molecule has 0 saturated carbocycles. The van der Waals surface area contributed by atoms with Crippen LogP contribution < -0.4 is 0 Å². The molecular formula is C25H27N5O2. The average Bonchev–Trinajstić information content (AvgIpc) is 3.32. The van der Waals surface area contributed by atoms with Crippen molar-refractivity contribution in [2.24, 2.45) is 4.99 Å². The van der Waals surface area contributed by atoms with Crippen LogP contribution in [0.1, 0.15) is 18.1 Å². The predicted octanol–water partition coefficient (Wildman–Crippen LogP) is 2.91. The van der Waals surface area contributed by atoms with Crippen LogP contribution in [0.2, 0.25) is 0 Å². The molecule has 0 bridgehead atoms. The topological polar surface area (TPSA) is 59.5 Å². The zero-order valence-electron chi connectivity index (χ0n) is 18.4. The zero-order chi connectivity index (χ0) is 22.2. The van der Waals surface area contributed by atoms with Crippen LogP contribution in [0.15, 0.2) is 77.6 Å². The molecule has 0 aromatic heterocycles. The number of fused-ring (bicyclic) bond motifs is 3. The van der Waals surface area contributed by atoms with E-state index in [0.717, 1.165) is 30.2 Å². The minimum atomic E-state index is -0.514. The van der Waals surface area contributed by atoms with E-state index >= 15 is 0 Å². The first kappa shape index (κ1) is 20.3. The lowest BCUT2D eigenvalue weighted by Gasteiger charge is -2.40. The van der Waals surface area contributed by atoms with E-state index in [2.05, 4.69) is 17.0 Å². The molecule has 164 valence electrons. The Balaban J connectivity index is 1.33. The van der Waals surface area contributed by atoms with E-state index in [-0.39, 0.29) is 11.9 Å². The molecule has 7 heteroatoms. The molecule has 3 heterocycles. The van der Waals surface area contributed by atoms with Gasteiger partial charge in [-0.15, -0.1) is 0 Å². The van der Waals surface area contributed by atoms with Crippen molar-refractivity contribution in [3.05, 3.63) is 83.7 Å². The van der Waals surface area contributed by atoms with Gasteiger partial charge in [0.2, 0.25) is 5.96 Å². The summed E-state index contributed by atoms with van der Waals surface area (Å²) in [7, 11) is 1.74. The van der Waals surface area contributed by atoms with Crippen LogP contribution in [0, 0.1) is 0 Å². The fourth-order valence-corrected chi connectivity index (χ4v) is 4.66. The molecule has 2 aromatic rings.